The molecule has 5 nitrogen and oxygen atoms in total. The van der Waals surface area contributed by atoms with Crippen molar-refractivity contribution in [2.24, 2.45) is 0 Å². The number of alkyl halides is 3. The van der Waals surface area contributed by atoms with Gasteiger partial charge in [-0.15, -0.1) is 11.8 Å². The van der Waals surface area contributed by atoms with Crippen LogP contribution in [0.15, 0.2) is 65.6 Å². The SMILES string of the molecule is O=C(CN1CCCN(C(=O)CSc2cccc3cccc(Cl)c23)CC1)Nc1ccccc1C(F)(F)F. The number of hydrogen-bond acceptors (Lipinski definition) is 4. The first-order chi connectivity index (χ1) is 17.2. The van der Waals surface area contributed by atoms with E-state index in [1.165, 1.54) is 30.0 Å². The van der Waals surface area contributed by atoms with Crippen molar-refractivity contribution in [3.8, 4) is 0 Å². The molecule has 0 aromatic heterocycles. The normalized spacial score (nSPS) is 15.1. The third-order valence-electron chi connectivity index (χ3n) is 5.98. The summed E-state index contributed by atoms with van der Waals surface area (Å²) in [6.07, 6.45) is -3.88. The first-order valence-corrected chi connectivity index (χ1v) is 12.8. The number of thioether (sulfide) groups is 1. The molecule has 10 heteroatoms. The van der Waals surface area contributed by atoms with Crippen molar-refractivity contribution >= 4 is 51.6 Å². The minimum Gasteiger partial charge on any atom is -0.341 e. The van der Waals surface area contributed by atoms with Gasteiger partial charge >= 0.3 is 6.18 Å². The number of carbonyl (C=O) groups is 2. The van der Waals surface area contributed by atoms with Gasteiger partial charge in [0, 0.05) is 41.5 Å². The summed E-state index contributed by atoms with van der Waals surface area (Å²) in [5, 5.41) is 4.97. The molecule has 190 valence electrons. The zero-order chi connectivity index (χ0) is 25.7. The molecule has 0 radical (unpaired) electrons. The topological polar surface area (TPSA) is 52.7 Å². The van der Waals surface area contributed by atoms with Gasteiger partial charge in [0.05, 0.1) is 23.5 Å². The average molecular weight is 536 g/mol. The van der Waals surface area contributed by atoms with Crippen molar-refractivity contribution in [3.63, 3.8) is 0 Å². The Morgan fingerprint density at radius 3 is 2.47 bits per heavy atom. The largest absolute Gasteiger partial charge is 0.418 e. The lowest BCUT2D eigenvalue weighted by Gasteiger charge is -2.22. The van der Waals surface area contributed by atoms with Crippen LogP contribution in [0.2, 0.25) is 5.02 Å². The molecule has 1 saturated heterocycles. The fraction of sp³-hybridized carbons (Fsp3) is 0.308. The van der Waals surface area contributed by atoms with E-state index in [9.17, 15) is 22.8 Å². The predicted octanol–water partition coefficient (Wildman–Crippen LogP) is 5.78. The Bertz CT molecular complexity index is 1250. The van der Waals surface area contributed by atoms with Crippen LogP contribution < -0.4 is 5.32 Å². The summed E-state index contributed by atoms with van der Waals surface area (Å²) >= 11 is 7.83. The maximum Gasteiger partial charge on any atom is 0.418 e. The van der Waals surface area contributed by atoms with E-state index < -0.39 is 17.6 Å². The van der Waals surface area contributed by atoms with Crippen molar-refractivity contribution in [2.75, 3.05) is 43.8 Å². The van der Waals surface area contributed by atoms with E-state index in [-0.39, 0.29) is 23.9 Å². The van der Waals surface area contributed by atoms with Gasteiger partial charge in [-0.05, 0) is 36.1 Å². The number of nitrogens with zero attached hydrogens (tertiary/aromatic N) is 2. The lowest BCUT2D eigenvalue weighted by atomic mass is 10.1. The number of amides is 2. The van der Waals surface area contributed by atoms with Gasteiger partial charge in [-0.1, -0.05) is 48.0 Å². The highest BCUT2D eigenvalue weighted by Gasteiger charge is 2.33. The van der Waals surface area contributed by atoms with Crippen LogP contribution in [0.3, 0.4) is 0 Å². The van der Waals surface area contributed by atoms with E-state index in [0.29, 0.717) is 37.6 Å². The summed E-state index contributed by atoms with van der Waals surface area (Å²) < 4.78 is 39.6. The van der Waals surface area contributed by atoms with E-state index in [2.05, 4.69) is 5.32 Å². The number of rotatable bonds is 6. The number of fused-ring (bicyclic) bond motifs is 1. The first-order valence-electron chi connectivity index (χ1n) is 11.5. The molecule has 0 bridgehead atoms. The van der Waals surface area contributed by atoms with Gasteiger partial charge in [0.2, 0.25) is 11.8 Å². The van der Waals surface area contributed by atoms with Gasteiger partial charge in [0.1, 0.15) is 0 Å². The van der Waals surface area contributed by atoms with Gasteiger partial charge in [0.25, 0.3) is 0 Å². The molecule has 3 aromatic rings. The van der Waals surface area contributed by atoms with Crippen LogP contribution in [0.25, 0.3) is 10.8 Å². The van der Waals surface area contributed by atoms with Crippen LogP contribution in [-0.4, -0.2) is 60.1 Å². The Morgan fingerprint density at radius 2 is 1.69 bits per heavy atom. The molecule has 0 unspecified atom stereocenters. The zero-order valence-electron chi connectivity index (χ0n) is 19.4. The molecule has 36 heavy (non-hydrogen) atoms. The summed E-state index contributed by atoms with van der Waals surface area (Å²) in [5.74, 6) is -0.261. The smallest absolute Gasteiger partial charge is 0.341 e. The van der Waals surface area contributed by atoms with Crippen molar-refractivity contribution in [1.82, 2.24) is 9.80 Å². The van der Waals surface area contributed by atoms with Crippen molar-refractivity contribution in [1.29, 1.82) is 0 Å². The summed E-state index contributed by atoms with van der Waals surface area (Å²) in [7, 11) is 0. The number of halogens is 4. The van der Waals surface area contributed by atoms with E-state index in [4.69, 9.17) is 11.6 Å². The number of benzene rings is 3. The summed E-state index contributed by atoms with van der Waals surface area (Å²) in [4.78, 5) is 30.0. The quantitative estimate of drug-likeness (QED) is 0.407. The standard InChI is InChI=1S/C26H25ClF3N3O2S/c27-20-9-3-6-18-7-4-11-22(25(18)20)36-17-24(35)33-13-5-12-32(14-15-33)16-23(34)31-21-10-2-1-8-19(21)26(28,29)30/h1-4,6-11H,5,12-17H2,(H,31,34). The molecular weight excluding hydrogens is 511 g/mol. The number of carbonyl (C=O) groups excluding carboxylic acids is 2. The molecule has 0 saturated carbocycles. The molecule has 0 atom stereocenters. The minimum atomic E-state index is -4.55. The Labute approximate surface area is 216 Å². The fourth-order valence-corrected chi connectivity index (χ4v) is 5.57. The maximum absolute atomic E-state index is 13.2. The average Bonchev–Trinajstić information content (AvgIpc) is 3.08. The lowest BCUT2D eigenvalue weighted by molar-refractivity contribution is -0.137. The Morgan fingerprint density at radius 1 is 0.944 bits per heavy atom. The van der Waals surface area contributed by atoms with Crippen molar-refractivity contribution < 1.29 is 22.8 Å². The second-order valence-electron chi connectivity index (χ2n) is 8.48. The Kier molecular flexibility index (Phi) is 8.43. The van der Waals surface area contributed by atoms with Crippen LogP contribution >= 0.6 is 23.4 Å². The molecule has 1 aliphatic heterocycles. The van der Waals surface area contributed by atoms with E-state index >= 15 is 0 Å². The molecule has 4 rings (SSSR count). The first kappa shape index (κ1) is 26.3. The number of nitrogens with one attached hydrogen (secondary N) is 1. The Balaban J connectivity index is 1.30. The Hall–Kier alpha value is -2.75. The molecule has 0 spiro atoms. The van der Waals surface area contributed by atoms with Crippen LogP contribution in [0.1, 0.15) is 12.0 Å². The highest BCUT2D eigenvalue weighted by atomic mass is 35.5. The summed E-state index contributed by atoms with van der Waals surface area (Å²) in [5.41, 5.74) is -1.14. The molecule has 2 amide bonds. The van der Waals surface area contributed by atoms with Gasteiger partial charge in [0.15, 0.2) is 0 Å². The van der Waals surface area contributed by atoms with Gasteiger partial charge in [-0.25, -0.2) is 0 Å². The maximum atomic E-state index is 13.2. The molecule has 1 aliphatic rings. The molecule has 1 fully saturated rings. The van der Waals surface area contributed by atoms with Crippen molar-refractivity contribution in [2.45, 2.75) is 17.5 Å². The highest BCUT2D eigenvalue weighted by molar-refractivity contribution is 8.00. The second-order valence-corrected chi connectivity index (χ2v) is 9.91. The van der Waals surface area contributed by atoms with Gasteiger partial charge in [-0.3, -0.25) is 14.5 Å². The predicted molar refractivity (Wildman–Crippen MR) is 137 cm³/mol. The number of para-hydroxylation sites is 1. The van der Waals surface area contributed by atoms with E-state index in [0.717, 1.165) is 21.7 Å². The second kappa shape index (κ2) is 11.5. The molecule has 1 N–H and O–H groups in total. The van der Waals surface area contributed by atoms with Crippen molar-refractivity contribution in [3.05, 3.63) is 71.2 Å². The molecule has 0 aliphatic carbocycles. The summed E-state index contributed by atoms with van der Waals surface area (Å²) in [6, 6.07) is 16.5. The molecule has 1 heterocycles. The van der Waals surface area contributed by atoms with Gasteiger partial charge < -0.3 is 10.2 Å². The van der Waals surface area contributed by atoms with Crippen LogP contribution in [-0.2, 0) is 15.8 Å². The summed E-state index contributed by atoms with van der Waals surface area (Å²) in [6.45, 7) is 2.00. The minimum absolute atomic E-state index is 0.00513. The highest BCUT2D eigenvalue weighted by Crippen LogP contribution is 2.35. The van der Waals surface area contributed by atoms with E-state index in [1.54, 1.807) is 4.90 Å². The molecule has 3 aromatic carbocycles. The fourth-order valence-electron chi connectivity index (χ4n) is 4.22. The third-order valence-corrected chi connectivity index (χ3v) is 7.34. The zero-order valence-corrected chi connectivity index (χ0v) is 20.9. The van der Waals surface area contributed by atoms with E-state index in [1.807, 2.05) is 41.3 Å². The van der Waals surface area contributed by atoms with Gasteiger partial charge in [-0.2, -0.15) is 13.2 Å². The molecular formula is C26H25ClF3N3O2S. The monoisotopic (exact) mass is 535 g/mol. The van der Waals surface area contributed by atoms with Crippen LogP contribution in [0.4, 0.5) is 18.9 Å². The van der Waals surface area contributed by atoms with Crippen LogP contribution in [0.5, 0.6) is 0 Å². The number of hydrogen-bond donors (Lipinski definition) is 1. The lowest BCUT2D eigenvalue weighted by Crippen LogP contribution is -2.38. The third kappa shape index (κ3) is 6.52. The number of anilines is 1. The van der Waals surface area contributed by atoms with Crippen LogP contribution in [0, 0.1) is 0 Å².